The van der Waals surface area contributed by atoms with Crippen LogP contribution in [0.1, 0.15) is 74.1 Å². The van der Waals surface area contributed by atoms with Crippen molar-refractivity contribution in [1.29, 1.82) is 0 Å². The Bertz CT molecular complexity index is 84.2. The lowest BCUT2D eigenvalue weighted by Gasteiger charge is -2.14. The van der Waals surface area contributed by atoms with Crippen LogP contribution in [0.5, 0.6) is 0 Å². The molecule has 0 N–H and O–H groups in total. The summed E-state index contributed by atoms with van der Waals surface area (Å²) in [4.78, 5) is 0. The van der Waals surface area contributed by atoms with Crippen LogP contribution in [0.25, 0.3) is 0 Å². The van der Waals surface area contributed by atoms with E-state index in [0.717, 1.165) is 17.8 Å². The highest BCUT2D eigenvalue weighted by Crippen LogP contribution is 2.16. The lowest BCUT2D eigenvalue weighted by Crippen LogP contribution is -2.04. The van der Waals surface area contributed by atoms with E-state index in [4.69, 9.17) is 0 Å². The fourth-order valence-electron chi connectivity index (χ4n) is 1.09. The zero-order valence-corrected chi connectivity index (χ0v) is 11.6. The average Bonchev–Trinajstić information content (AvgIpc) is 2.26. The van der Waals surface area contributed by atoms with Crippen molar-refractivity contribution in [3.63, 3.8) is 0 Å². The fourth-order valence-corrected chi connectivity index (χ4v) is 1.09. The van der Waals surface area contributed by atoms with Crippen LogP contribution < -0.4 is 0 Å². The summed E-state index contributed by atoms with van der Waals surface area (Å²) in [5.74, 6) is 2.77. The quantitative estimate of drug-likeness (QED) is 0.548. The topological polar surface area (TPSA) is 0 Å². The van der Waals surface area contributed by atoms with Crippen LogP contribution in [0.4, 0.5) is 0 Å². The molecule has 14 heavy (non-hydrogen) atoms. The molecular weight excluding hydrogens is 168 g/mol. The third-order valence-corrected chi connectivity index (χ3v) is 3.65. The van der Waals surface area contributed by atoms with Gasteiger partial charge in [0.05, 0.1) is 0 Å². The molecule has 0 aromatic carbocycles. The summed E-state index contributed by atoms with van der Waals surface area (Å²) >= 11 is 0. The first kappa shape index (κ1) is 16.4. The Morgan fingerprint density at radius 1 is 0.571 bits per heavy atom. The minimum Gasteiger partial charge on any atom is -0.0651 e. The van der Waals surface area contributed by atoms with Crippen LogP contribution in [0.15, 0.2) is 0 Å². The molecule has 2 unspecified atom stereocenters. The van der Waals surface area contributed by atoms with E-state index in [-0.39, 0.29) is 0 Å². The second kappa shape index (κ2) is 11.1. The van der Waals surface area contributed by atoms with Gasteiger partial charge in [-0.3, -0.25) is 0 Å². The minimum absolute atomic E-state index is 0.917. The molecule has 0 amide bonds. The smallest absolute Gasteiger partial charge is 0.0420 e. The van der Waals surface area contributed by atoms with Gasteiger partial charge in [0, 0.05) is 0 Å². The first-order valence-electron chi connectivity index (χ1n) is 6.53. The van der Waals surface area contributed by atoms with Gasteiger partial charge in [-0.1, -0.05) is 74.1 Å². The van der Waals surface area contributed by atoms with Crippen molar-refractivity contribution in [3.05, 3.63) is 0 Å². The Balaban J connectivity index is 0. The molecule has 2 atom stereocenters. The SMILES string of the molecule is CCC(C)C(C)CC.CCC(C)CC. The highest BCUT2D eigenvalue weighted by Gasteiger charge is 2.05. The Labute approximate surface area is 92.5 Å². The first-order chi connectivity index (χ1) is 6.53. The first-order valence-corrected chi connectivity index (χ1v) is 6.53. The van der Waals surface area contributed by atoms with Crippen molar-refractivity contribution in [2.45, 2.75) is 74.1 Å². The summed E-state index contributed by atoms with van der Waals surface area (Å²) in [6, 6.07) is 0. The van der Waals surface area contributed by atoms with Gasteiger partial charge in [0.2, 0.25) is 0 Å². The monoisotopic (exact) mass is 200 g/mol. The van der Waals surface area contributed by atoms with Gasteiger partial charge < -0.3 is 0 Å². The average molecular weight is 200 g/mol. The molecule has 0 heterocycles. The second-order valence-corrected chi connectivity index (χ2v) is 4.69. The minimum atomic E-state index is 0.917. The van der Waals surface area contributed by atoms with E-state index in [1.807, 2.05) is 0 Å². The molecule has 0 aliphatic carbocycles. The van der Waals surface area contributed by atoms with Gasteiger partial charge in [-0.05, 0) is 17.8 Å². The molecule has 0 saturated heterocycles. The lowest BCUT2D eigenvalue weighted by molar-refractivity contribution is 0.367. The number of hydrogen-bond acceptors (Lipinski definition) is 0. The van der Waals surface area contributed by atoms with Crippen LogP contribution in [-0.2, 0) is 0 Å². The number of hydrogen-bond donors (Lipinski definition) is 0. The van der Waals surface area contributed by atoms with E-state index in [0.29, 0.717) is 0 Å². The highest BCUT2D eigenvalue weighted by molar-refractivity contribution is 4.56. The van der Waals surface area contributed by atoms with Crippen molar-refractivity contribution in [1.82, 2.24) is 0 Å². The zero-order chi connectivity index (χ0) is 11.6. The Hall–Kier alpha value is 0. The molecule has 0 rings (SSSR count). The molecule has 0 aromatic heterocycles. The van der Waals surface area contributed by atoms with E-state index in [2.05, 4.69) is 48.5 Å². The van der Waals surface area contributed by atoms with Gasteiger partial charge in [0.25, 0.3) is 0 Å². The summed E-state index contributed by atoms with van der Waals surface area (Å²) in [6.45, 7) is 15.9. The van der Waals surface area contributed by atoms with Gasteiger partial charge in [-0.25, -0.2) is 0 Å². The van der Waals surface area contributed by atoms with Crippen molar-refractivity contribution in [2.75, 3.05) is 0 Å². The highest BCUT2D eigenvalue weighted by atomic mass is 14.1. The standard InChI is InChI=1S/C8H18.C6H14/c1-5-7(3)8(4)6-2;1-4-6(3)5-2/h7-8H,5-6H2,1-4H3;6H,4-5H2,1-3H3. The summed E-state index contributed by atoms with van der Waals surface area (Å²) in [6.07, 6.45) is 5.32. The van der Waals surface area contributed by atoms with Crippen molar-refractivity contribution in [2.24, 2.45) is 17.8 Å². The molecule has 0 heteroatoms. The zero-order valence-electron chi connectivity index (χ0n) is 11.6. The third-order valence-electron chi connectivity index (χ3n) is 3.65. The van der Waals surface area contributed by atoms with E-state index in [1.54, 1.807) is 0 Å². The van der Waals surface area contributed by atoms with Gasteiger partial charge in [0.15, 0.2) is 0 Å². The molecule has 0 nitrogen and oxygen atoms in total. The Kier molecular flexibility index (Phi) is 13.0. The van der Waals surface area contributed by atoms with Crippen LogP contribution in [0.3, 0.4) is 0 Å². The molecular formula is C14H32. The Morgan fingerprint density at radius 2 is 0.857 bits per heavy atom. The fraction of sp³-hybridized carbons (Fsp3) is 1.00. The summed E-state index contributed by atoms with van der Waals surface area (Å²) in [5, 5.41) is 0. The molecule has 0 fully saturated rings. The largest absolute Gasteiger partial charge is 0.0651 e. The maximum Gasteiger partial charge on any atom is -0.0420 e. The van der Waals surface area contributed by atoms with Crippen LogP contribution in [0.2, 0.25) is 0 Å². The summed E-state index contributed by atoms with van der Waals surface area (Å²) in [5.41, 5.74) is 0. The van der Waals surface area contributed by atoms with Gasteiger partial charge in [0.1, 0.15) is 0 Å². The molecule has 88 valence electrons. The molecule has 0 saturated carbocycles. The summed E-state index contributed by atoms with van der Waals surface area (Å²) < 4.78 is 0. The molecule has 0 bridgehead atoms. The molecule has 0 aliphatic rings. The van der Waals surface area contributed by atoms with Gasteiger partial charge in [-0.15, -0.1) is 0 Å². The molecule has 0 radical (unpaired) electrons. The summed E-state index contributed by atoms with van der Waals surface area (Å²) in [7, 11) is 0. The molecule has 0 spiro atoms. The molecule has 0 aromatic rings. The molecule has 0 aliphatic heterocycles. The number of rotatable bonds is 5. The Morgan fingerprint density at radius 3 is 0.929 bits per heavy atom. The van der Waals surface area contributed by atoms with Crippen molar-refractivity contribution >= 4 is 0 Å². The third kappa shape index (κ3) is 10.1. The maximum atomic E-state index is 2.33. The second-order valence-electron chi connectivity index (χ2n) is 4.69. The van der Waals surface area contributed by atoms with Crippen LogP contribution in [0, 0.1) is 17.8 Å². The normalized spacial score (nSPS) is 14.6. The van der Waals surface area contributed by atoms with E-state index < -0.39 is 0 Å². The van der Waals surface area contributed by atoms with Gasteiger partial charge in [-0.2, -0.15) is 0 Å². The van der Waals surface area contributed by atoms with Crippen molar-refractivity contribution in [3.8, 4) is 0 Å². The van der Waals surface area contributed by atoms with Gasteiger partial charge >= 0.3 is 0 Å². The lowest BCUT2D eigenvalue weighted by atomic mass is 9.92. The van der Waals surface area contributed by atoms with E-state index in [9.17, 15) is 0 Å². The van der Waals surface area contributed by atoms with Crippen LogP contribution >= 0.6 is 0 Å². The van der Waals surface area contributed by atoms with E-state index >= 15 is 0 Å². The predicted molar refractivity (Wildman–Crippen MR) is 68.7 cm³/mol. The van der Waals surface area contributed by atoms with E-state index in [1.165, 1.54) is 25.7 Å². The predicted octanol–water partition coefficient (Wildman–Crippen LogP) is 5.52. The van der Waals surface area contributed by atoms with Crippen LogP contribution in [-0.4, -0.2) is 0 Å². The maximum absolute atomic E-state index is 2.33. The van der Waals surface area contributed by atoms with Crippen molar-refractivity contribution < 1.29 is 0 Å².